The zero-order valence-corrected chi connectivity index (χ0v) is 17.6. The van der Waals surface area contributed by atoms with Crippen LogP contribution in [0.1, 0.15) is 40.2 Å². The van der Waals surface area contributed by atoms with Gasteiger partial charge in [-0.3, -0.25) is 14.0 Å². The highest BCUT2D eigenvalue weighted by molar-refractivity contribution is 6.33. The summed E-state index contributed by atoms with van der Waals surface area (Å²) in [5.41, 5.74) is 1.63. The molecule has 0 fully saturated rings. The second-order valence-electron chi connectivity index (χ2n) is 7.03. The Morgan fingerprint density at radius 3 is 2.65 bits per heavy atom. The van der Waals surface area contributed by atoms with Crippen LogP contribution >= 0.6 is 11.6 Å². The number of fused-ring (bicyclic) bond motifs is 1. The Balaban J connectivity index is 1.55. The number of halogens is 4. The average molecular weight is 453 g/mol. The first-order chi connectivity index (χ1) is 14.6. The lowest BCUT2D eigenvalue weighted by atomic mass is 10.2. The number of carbonyl (C=O) groups excluding carboxylic acids is 2. The van der Waals surface area contributed by atoms with Gasteiger partial charge in [-0.05, 0) is 50.1 Å². The number of imidazole rings is 1. The van der Waals surface area contributed by atoms with Crippen molar-refractivity contribution in [2.24, 2.45) is 0 Å². The molecule has 0 aliphatic carbocycles. The van der Waals surface area contributed by atoms with E-state index >= 15 is 0 Å². The molecule has 2 N–H and O–H groups in total. The SMILES string of the molecule is Cc1nc2c(C)cccn2c1C(=O)NCCCC(=O)Nc1cc(C(F)(F)F)ccc1Cl. The minimum Gasteiger partial charge on any atom is -0.351 e. The maximum atomic E-state index is 12.8. The second-order valence-corrected chi connectivity index (χ2v) is 7.44. The largest absolute Gasteiger partial charge is 0.416 e. The highest BCUT2D eigenvalue weighted by Gasteiger charge is 2.31. The number of benzene rings is 1. The molecular weight excluding hydrogens is 433 g/mol. The number of amides is 2. The first-order valence-corrected chi connectivity index (χ1v) is 9.85. The van der Waals surface area contributed by atoms with E-state index in [0.29, 0.717) is 23.5 Å². The molecule has 2 amide bonds. The zero-order valence-electron chi connectivity index (χ0n) is 16.8. The van der Waals surface area contributed by atoms with Gasteiger partial charge in [-0.2, -0.15) is 13.2 Å². The number of carbonyl (C=O) groups is 2. The van der Waals surface area contributed by atoms with Crippen molar-refractivity contribution in [3.05, 3.63) is 64.1 Å². The molecular formula is C21H20ClF3N4O2. The third-order valence-corrected chi connectivity index (χ3v) is 5.00. The van der Waals surface area contributed by atoms with Gasteiger partial charge < -0.3 is 10.6 Å². The minimum atomic E-state index is -4.54. The maximum Gasteiger partial charge on any atom is 0.416 e. The Morgan fingerprint density at radius 1 is 1.19 bits per heavy atom. The van der Waals surface area contributed by atoms with E-state index < -0.39 is 17.6 Å². The fourth-order valence-corrected chi connectivity index (χ4v) is 3.30. The van der Waals surface area contributed by atoms with E-state index in [-0.39, 0.29) is 29.6 Å². The number of anilines is 1. The summed E-state index contributed by atoms with van der Waals surface area (Å²) in [4.78, 5) is 29.1. The molecule has 0 radical (unpaired) electrons. The lowest BCUT2D eigenvalue weighted by Crippen LogP contribution is -2.27. The summed E-state index contributed by atoms with van der Waals surface area (Å²) in [5, 5.41) is 5.13. The van der Waals surface area contributed by atoms with Crippen LogP contribution in [0, 0.1) is 13.8 Å². The van der Waals surface area contributed by atoms with Gasteiger partial charge in [-0.25, -0.2) is 4.98 Å². The van der Waals surface area contributed by atoms with Crippen molar-refractivity contribution in [3.63, 3.8) is 0 Å². The summed E-state index contributed by atoms with van der Waals surface area (Å²) in [7, 11) is 0. The van der Waals surface area contributed by atoms with E-state index in [2.05, 4.69) is 15.6 Å². The van der Waals surface area contributed by atoms with E-state index in [1.165, 1.54) is 0 Å². The number of alkyl halides is 3. The second kappa shape index (κ2) is 8.97. The zero-order chi connectivity index (χ0) is 22.8. The van der Waals surface area contributed by atoms with Gasteiger partial charge >= 0.3 is 6.18 Å². The van der Waals surface area contributed by atoms with Gasteiger partial charge in [0, 0.05) is 19.2 Å². The van der Waals surface area contributed by atoms with E-state index in [1.807, 2.05) is 19.1 Å². The molecule has 164 valence electrons. The van der Waals surface area contributed by atoms with Crippen molar-refractivity contribution < 1.29 is 22.8 Å². The summed E-state index contributed by atoms with van der Waals surface area (Å²) in [6.45, 7) is 3.85. The molecule has 0 atom stereocenters. The molecule has 0 spiro atoms. The predicted molar refractivity (Wildman–Crippen MR) is 111 cm³/mol. The van der Waals surface area contributed by atoms with Gasteiger partial charge in [0.1, 0.15) is 11.3 Å². The topological polar surface area (TPSA) is 75.5 Å². The fraction of sp³-hybridized carbons (Fsp3) is 0.286. The van der Waals surface area contributed by atoms with Gasteiger partial charge in [0.05, 0.1) is 22.0 Å². The molecule has 2 aromatic heterocycles. The van der Waals surface area contributed by atoms with Crippen molar-refractivity contribution in [3.8, 4) is 0 Å². The predicted octanol–water partition coefficient (Wildman–Crippen LogP) is 4.77. The number of hydrogen-bond donors (Lipinski definition) is 2. The van der Waals surface area contributed by atoms with Gasteiger partial charge in [-0.15, -0.1) is 0 Å². The van der Waals surface area contributed by atoms with E-state index in [4.69, 9.17) is 11.6 Å². The summed E-state index contributed by atoms with van der Waals surface area (Å²) in [5.74, 6) is -0.825. The van der Waals surface area contributed by atoms with Gasteiger partial charge in [0.15, 0.2) is 0 Å². The number of pyridine rings is 1. The number of nitrogens with zero attached hydrogens (tertiary/aromatic N) is 2. The quantitative estimate of drug-likeness (QED) is 0.529. The number of hydrogen-bond acceptors (Lipinski definition) is 3. The lowest BCUT2D eigenvalue weighted by Gasteiger charge is -2.12. The van der Waals surface area contributed by atoms with Gasteiger partial charge in [0.25, 0.3) is 5.91 Å². The molecule has 3 rings (SSSR count). The van der Waals surface area contributed by atoms with E-state index in [0.717, 1.165) is 23.8 Å². The molecule has 6 nitrogen and oxygen atoms in total. The normalized spacial score (nSPS) is 11.5. The molecule has 0 aliphatic heterocycles. The highest BCUT2D eigenvalue weighted by Crippen LogP contribution is 2.33. The summed E-state index contributed by atoms with van der Waals surface area (Å²) in [6, 6.07) is 6.44. The Hall–Kier alpha value is -3.07. The van der Waals surface area contributed by atoms with Crippen LogP contribution in [0.4, 0.5) is 18.9 Å². The average Bonchev–Trinajstić information content (AvgIpc) is 3.03. The third kappa shape index (κ3) is 5.16. The van der Waals surface area contributed by atoms with Crippen LogP contribution in [0.2, 0.25) is 5.02 Å². The van der Waals surface area contributed by atoms with Crippen LogP contribution in [0.3, 0.4) is 0 Å². The Kier molecular flexibility index (Phi) is 6.54. The Labute approximate surface area is 181 Å². The van der Waals surface area contributed by atoms with Crippen LogP contribution in [-0.2, 0) is 11.0 Å². The molecule has 0 bridgehead atoms. The molecule has 0 saturated heterocycles. The van der Waals surface area contributed by atoms with Crippen molar-refractivity contribution >= 4 is 34.7 Å². The van der Waals surface area contributed by atoms with E-state index in [9.17, 15) is 22.8 Å². The van der Waals surface area contributed by atoms with Crippen LogP contribution in [0.15, 0.2) is 36.5 Å². The molecule has 31 heavy (non-hydrogen) atoms. The third-order valence-electron chi connectivity index (χ3n) is 4.67. The fourth-order valence-electron chi connectivity index (χ4n) is 3.14. The highest BCUT2D eigenvalue weighted by atomic mass is 35.5. The number of aromatic nitrogens is 2. The van der Waals surface area contributed by atoms with Crippen molar-refractivity contribution in [2.45, 2.75) is 32.9 Å². The van der Waals surface area contributed by atoms with Crippen LogP contribution in [0.25, 0.3) is 5.65 Å². The van der Waals surface area contributed by atoms with Crippen LogP contribution in [-0.4, -0.2) is 27.7 Å². The summed E-state index contributed by atoms with van der Waals surface area (Å²) in [6.07, 6.45) is -2.49. The summed E-state index contributed by atoms with van der Waals surface area (Å²) >= 11 is 5.88. The molecule has 2 heterocycles. The monoisotopic (exact) mass is 452 g/mol. The smallest absolute Gasteiger partial charge is 0.351 e. The number of nitrogens with one attached hydrogen (secondary N) is 2. The first-order valence-electron chi connectivity index (χ1n) is 9.47. The van der Waals surface area contributed by atoms with E-state index in [1.54, 1.807) is 17.5 Å². The lowest BCUT2D eigenvalue weighted by molar-refractivity contribution is -0.137. The minimum absolute atomic E-state index is 0.00189. The summed E-state index contributed by atoms with van der Waals surface area (Å²) < 4.78 is 40.2. The molecule has 0 saturated carbocycles. The number of aryl methyl sites for hydroxylation is 2. The Bertz CT molecular complexity index is 1140. The van der Waals surface area contributed by atoms with Crippen molar-refractivity contribution in [2.75, 3.05) is 11.9 Å². The van der Waals surface area contributed by atoms with Crippen molar-refractivity contribution in [1.29, 1.82) is 0 Å². The molecule has 10 heteroatoms. The molecule has 3 aromatic rings. The maximum absolute atomic E-state index is 12.8. The van der Waals surface area contributed by atoms with Crippen LogP contribution in [0.5, 0.6) is 0 Å². The molecule has 0 unspecified atom stereocenters. The first kappa shape index (κ1) is 22.6. The van der Waals surface area contributed by atoms with Crippen LogP contribution < -0.4 is 10.6 Å². The number of rotatable bonds is 6. The van der Waals surface area contributed by atoms with Gasteiger partial charge in [0.2, 0.25) is 5.91 Å². The van der Waals surface area contributed by atoms with Gasteiger partial charge in [-0.1, -0.05) is 17.7 Å². The molecule has 1 aromatic carbocycles. The van der Waals surface area contributed by atoms with Crippen molar-refractivity contribution in [1.82, 2.24) is 14.7 Å². The standard InChI is InChI=1S/C21H20ClF3N4O2/c1-12-5-4-10-29-18(13(2)27-19(12)29)20(31)26-9-3-6-17(30)28-16-11-14(21(23,24)25)7-8-15(16)22/h4-5,7-8,10-11H,3,6,9H2,1-2H3,(H,26,31)(H,28,30). The Morgan fingerprint density at radius 2 is 1.94 bits per heavy atom. The molecule has 0 aliphatic rings.